The van der Waals surface area contributed by atoms with Gasteiger partial charge in [0.2, 0.25) is 0 Å². The van der Waals surface area contributed by atoms with E-state index in [1.807, 2.05) is 0 Å². The Kier molecular flexibility index (Phi) is 3.68. The van der Waals surface area contributed by atoms with E-state index >= 15 is 0 Å². The monoisotopic (exact) mass is 210 g/mol. The SMILES string of the molecule is CC(C)C1CN(C2CCCC2)C(C)CN1. The zero-order valence-corrected chi connectivity index (χ0v) is 10.5. The largest absolute Gasteiger partial charge is 0.311 e. The molecule has 15 heavy (non-hydrogen) atoms. The van der Waals surface area contributed by atoms with Gasteiger partial charge >= 0.3 is 0 Å². The van der Waals surface area contributed by atoms with Crippen molar-refractivity contribution in [2.75, 3.05) is 13.1 Å². The molecule has 0 aromatic heterocycles. The van der Waals surface area contributed by atoms with Crippen molar-refractivity contribution >= 4 is 0 Å². The van der Waals surface area contributed by atoms with Crippen molar-refractivity contribution in [3.05, 3.63) is 0 Å². The lowest BCUT2D eigenvalue weighted by molar-refractivity contribution is 0.0804. The third-order valence-corrected chi connectivity index (χ3v) is 4.25. The minimum atomic E-state index is 0.710. The predicted molar refractivity (Wildman–Crippen MR) is 65.1 cm³/mol. The highest BCUT2D eigenvalue weighted by atomic mass is 15.3. The first kappa shape index (κ1) is 11.4. The van der Waals surface area contributed by atoms with Gasteiger partial charge in [0, 0.05) is 31.2 Å². The second-order valence-electron chi connectivity index (χ2n) is 5.74. The maximum Gasteiger partial charge on any atom is 0.0218 e. The summed E-state index contributed by atoms with van der Waals surface area (Å²) in [5.74, 6) is 0.765. The molecule has 1 saturated carbocycles. The zero-order chi connectivity index (χ0) is 10.8. The molecule has 1 heterocycles. The van der Waals surface area contributed by atoms with E-state index in [4.69, 9.17) is 0 Å². The third kappa shape index (κ3) is 2.54. The maximum atomic E-state index is 3.68. The first-order chi connectivity index (χ1) is 7.18. The topological polar surface area (TPSA) is 15.3 Å². The van der Waals surface area contributed by atoms with Gasteiger partial charge < -0.3 is 5.32 Å². The van der Waals surface area contributed by atoms with Gasteiger partial charge in [0.25, 0.3) is 0 Å². The average Bonchev–Trinajstić information content (AvgIpc) is 2.71. The lowest BCUT2D eigenvalue weighted by Crippen LogP contribution is -2.59. The second-order valence-corrected chi connectivity index (χ2v) is 5.74. The molecule has 0 amide bonds. The molecule has 0 aromatic carbocycles. The fraction of sp³-hybridized carbons (Fsp3) is 1.00. The molecule has 0 aromatic rings. The number of hydrogen-bond donors (Lipinski definition) is 1. The molecule has 2 heteroatoms. The molecule has 1 aliphatic heterocycles. The summed E-state index contributed by atoms with van der Waals surface area (Å²) in [4.78, 5) is 2.77. The summed E-state index contributed by atoms with van der Waals surface area (Å²) >= 11 is 0. The van der Waals surface area contributed by atoms with Gasteiger partial charge in [0.15, 0.2) is 0 Å². The Morgan fingerprint density at radius 1 is 1.20 bits per heavy atom. The Morgan fingerprint density at radius 2 is 1.87 bits per heavy atom. The molecular formula is C13H26N2. The molecule has 0 spiro atoms. The van der Waals surface area contributed by atoms with Crippen LogP contribution in [0.25, 0.3) is 0 Å². The van der Waals surface area contributed by atoms with Gasteiger partial charge in [0.1, 0.15) is 0 Å². The van der Waals surface area contributed by atoms with Gasteiger partial charge in [-0.25, -0.2) is 0 Å². The van der Waals surface area contributed by atoms with Crippen molar-refractivity contribution in [3.8, 4) is 0 Å². The van der Waals surface area contributed by atoms with Crippen LogP contribution < -0.4 is 5.32 Å². The summed E-state index contributed by atoms with van der Waals surface area (Å²) in [6, 6.07) is 2.34. The smallest absolute Gasteiger partial charge is 0.0218 e. The van der Waals surface area contributed by atoms with Crippen LogP contribution in [0.2, 0.25) is 0 Å². The molecule has 2 aliphatic rings. The van der Waals surface area contributed by atoms with E-state index in [9.17, 15) is 0 Å². The Hall–Kier alpha value is -0.0800. The van der Waals surface area contributed by atoms with Gasteiger partial charge in [-0.3, -0.25) is 4.90 Å². The molecule has 1 saturated heterocycles. The first-order valence-corrected chi connectivity index (χ1v) is 6.67. The lowest BCUT2D eigenvalue weighted by atomic mass is 9.98. The van der Waals surface area contributed by atoms with Gasteiger partial charge in [-0.2, -0.15) is 0 Å². The number of nitrogens with one attached hydrogen (secondary N) is 1. The predicted octanol–water partition coefficient (Wildman–Crippen LogP) is 2.25. The van der Waals surface area contributed by atoms with Gasteiger partial charge in [-0.1, -0.05) is 26.7 Å². The number of nitrogens with zero attached hydrogens (tertiary/aromatic N) is 1. The molecule has 2 nitrogen and oxygen atoms in total. The maximum absolute atomic E-state index is 3.68. The van der Waals surface area contributed by atoms with Crippen LogP contribution in [-0.4, -0.2) is 36.1 Å². The molecular weight excluding hydrogens is 184 g/mol. The van der Waals surface area contributed by atoms with E-state index in [1.54, 1.807) is 0 Å². The zero-order valence-electron chi connectivity index (χ0n) is 10.5. The van der Waals surface area contributed by atoms with Crippen LogP contribution in [0, 0.1) is 5.92 Å². The molecule has 2 atom stereocenters. The average molecular weight is 210 g/mol. The highest BCUT2D eigenvalue weighted by Crippen LogP contribution is 2.27. The van der Waals surface area contributed by atoms with Crippen LogP contribution in [-0.2, 0) is 0 Å². The molecule has 1 aliphatic carbocycles. The van der Waals surface area contributed by atoms with E-state index in [0.29, 0.717) is 6.04 Å². The van der Waals surface area contributed by atoms with Gasteiger partial charge in [0.05, 0.1) is 0 Å². The molecule has 1 N–H and O–H groups in total. The Bertz CT molecular complexity index is 197. The Morgan fingerprint density at radius 3 is 2.47 bits per heavy atom. The second kappa shape index (κ2) is 4.84. The van der Waals surface area contributed by atoms with E-state index in [1.165, 1.54) is 38.8 Å². The Labute approximate surface area is 94.4 Å². The van der Waals surface area contributed by atoms with Crippen LogP contribution >= 0.6 is 0 Å². The summed E-state index contributed by atoms with van der Waals surface area (Å²) < 4.78 is 0. The van der Waals surface area contributed by atoms with Crippen molar-refractivity contribution < 1.29 is 0 Å². The molecule has 2 fully saturated rings. The van der Waals surface area contributed by atoms with Crippen LogP contribution in [0.5, 0.6) is 0 Å². The standard InChI is InChI=1S/C13H26N2/c1-10(2)13-9-15(11(3)8-14-13)12-6-4-5-7-12/h10-14H,4-9H2,1-3H3. The van der Waals surface area contributed by atoms with E-state index in [0.717, 1.165) is 18.0 Å². The van der Waals surface area contributed by atoms with Crippen molar-refractivity contribution in [1.82, 2.24) is 10.2 Å². The van der Waals surface area contributed by atoms with Crippen LogP contribution in [0.15, 0.2) is 0 Å². The van der Waals surface area contributed by atoms with Crippen LogP contribution in [0.4, 0.5) is 0 Å². The first-order valence-electron chi connectivity index (χ1n) is 6.67. The van der Waals surface area contributed by atoms with Crippen molar-refractivity contribution in [1.29, 1.82) is 0 Å². The molecule has 88 valence electrons. The number of rotatable bonds is 2. The molecule has 2 unspecified atom stereocenters. The third-order valence-electron chi connectivity index (χ3n) is 4.25. The number of hydrogen-bond acceptors (Lipinski definition) is 2. The molecule has 0 bridgehead atoms. The summed E-state index contributed by atoms with van der Waals surface area (Å²) in [5.41, 5.74) is 0. The van der Waals surface area contributed by atoms with Crippen molar-refractivity contribution in [3.63, 3.8) is 0 Å². The summed E-state index contributed by atoms with van der Waals surface area (Å²) in [6.07, 6.45) is 5.78. The molecule has 0 radical (unpaired) electrons. The van der Waals surface area contributed by atoms with Gasteiger partial charge in [-0.15, -0.1) is 0 Å². The fourth-order valence-corrected chi connectivity index (χ4v) is 3.10. The normalized spacial score (nSPS) is 35.2. The van der Waals surface area contributed by atoms with Gasteiger partial charge in [-0.05, 0) is 25.7 Å². The highest BCUT2D eigenvalue weighted by molar-refractivity contribution is 4.90. The van der Waals surface area contributed by atoms with E-state index in [-0.39, 0.29) is 0 Å². The minimum absolute atomic E-state index is 0.710. The Balaban J connectivity index is 1.95. The minimum Gasteiger partial charge on any atom is -0.311 e. The van der Waals surface area contributed by atoms with Crippen LogP contribution in [0.1, 0.15) is 46.5 Å². The summed E-state index contributed by atoms with van der Waals surface area (Å²) in [6.45, 7) is 9.49. The van der Waals surface area contributed by atoms with E-state index in [2.05, 4.69) is 31.0 Å². The van der Waals surface area contributed by atoms with Crippen molar-refractivity contribution in [2.24, 2.45) is 5.92 Å². The fourth-order valence-electron chi connectivity index (χ4n) is 3.10. The highest BCUT2D eigenvalue weighted by Gasteiger charge is 2.32. The lowest BCUT2D eigenvalue weighted by Gasteiger charge is -2.43. The summed E-state index contributed by atoms with van der Waals surface area (Å²) in [7, 11) is 0. The van der Waals surface area contributed by atoms with Crippen molar-refractivity contribution in [2.45, 2.75) is 64.6 Å². The summed E-state index contributed by atoms with van der Waals surface area (Å²) in [5, 5.41) is 3.68. The van der Waals surface area contributed by atoms with Crippen LogP contribution in [0.3, 0.4) is 0 Å². The van der Waals surface area contributed by atoms with E-state index < -0.39 is 0 Å². The molecule has 2 rings (SSSR count). The number of piperazine rings is 1. The quantitative estimate of drug-likeness (QED) is 0.752.